The molecule has 21 heavy (non-hydrogen) atoms. The molecule has 0 atom stereocenters. The highest BCUT2D eigenvalue weighted by atomic mass is 16.2. The summed E-state index contributed by atoms with van der Waals surface area (Å²) in [6, 6.07) is 0.350. The summed E-state index contributed by atoms with van der Waals surface area (Å²) in [4.78, 5) is 12.1. The van der Waals surface area contributed by atoms with Gasteiger partial charge in [-0.25, -0.2) is 4.68 Å². The molecule has 2 aliphatic rings. The number of hydrogen-bond acceptors (Lipinski definition) is 4. The number of carbonyl (C=O) groups excluding carboxylic acids is 1. The van der Waals surface area contributed by atoms with Crippen LogP contribution in [0.1, 0.15) is 55.6 Å². The monoisotopic (exact) mass is 291 g/mol. The first kappa shape index (κ1) is 14.5. The lowest BCUT2D eigenvalue weighted by atomic mass is 9.81. The van der Waals surface area contributed by atoms with E-state index in [2.05, 4.69) is 27.9 Å². The molecule has 3 rings (SSSR count). The van der Waals surface area contributed by atoms with Gasteiger partial charge in [0.15, 0.2) is 5.69 Å². The second-order valence-electron chi connectivity index (χ2n) is 6.40. The maximum absolute atomic E-state index is 12.1. The topological polar surface area (TPSA) is 71.8 Å². The fourth-order valence-corrected chi connectivity index (χ4v) is 3.19. The number of carbonyl (C=O) groups is 1. The van der Waals surface area contributed by atoms with E-state index in [1.807, 2.05) is 0 Å². The summed E-state index contributed by atoms with van der Waals surface area (Å²) < 4.78 is 1.79. The van der Waals surface area contributed by atoms with Gasteiger partial charge in [0.2, 0.25) is 0 Å². The highest BCUT2D eigenvalue weighted by molar-refractivity contribution is 5.91. The van der Waals surface area contributed by atoms with Crippen LogP contribution in [0.5, 0.6) is 0 Å². The number of hydrogen-bond donors (Lipinski definition) is 2. The molecule has 1 aliphatic heterocycles. The lowest BCUT2D eigenvalue weighted by Crippen LogP contribution is -2.43. The summed E-state index contributed by atoms with van der Waals surface area (Å²) in [5.41, 5.74) is 0.434. The third-order valence-electron chi connectivity index (χ3n) is 4.97. The van der Waals surface area contributed by atoms with Crippen molar-refractivity contribution in [3.05, 3.63) is 11.9 Å². The van der Waals surface area contributed by atoms with E-state index in [1.54, 1.807) is 10.9 Å². The van der Waals surface area contributed by atoms with E-state index < -0.39 is 0 Å². The molecule has 0 aromatic carbocycles. The molecule has 1 aromatic rings. The van der Waals surface area contributed by atoms with E-state index in [-0.39, 0.29) is 5.91 Å². The highest BCUT2D eigenvalue weighted by Crippen LogP contribution is 2.30. The molecular weight excluding hydrogens is 266 g/mol. The SMILES string of the molecule is CCC1CCC(CNC(=O)c2cn(C3CNC3)nn2)CC1. The molecule has 1 aromatic heterocycles. The molecule has 0 radical (unpaired) electrons. The van der Waals surface area contributed by atoms with Crippen LogP contribution in [0, 0.1) is 11.8 Å². The van der Waals surface area contributed by atoms with Crippen molar-refractivity contribution in [3.63, 3.8) is 0 Å². The smallest absolute Gasteiger partial charge is 0.273 e. The Hall–Kier alpha value is -1.43. The zero-order chi connectivity index (χ0) is 14.7. The van der Waals surface area contributed by atoms with Gasteiger partial charge >= 0.3 is 0 Å². The second-order valence-corrected chi connectivity index (χ2v) is 6.40. The van der Waals surface area contributed by atoms with Gasteiger partial charge in [-0.2, -0.15) is 0 Å². The van der Waals surface area contributed by atoms with E-state index in [0.717, 1.165) is 25.6 Å². The minimum Gasteiger partial charge on any atom is -0.350 e. The predicted octanol–water partition coefficient (Wildman–Crippen LogP) is 1.37. The summed E-state index contributed by atoms with van der Waals surface area (Å²) >= 11 is 0. The minimum atomic E-state index is -0.0915. The zero-order valence-corrected chi connectivity index (χ0v) is 12.7. The molecule has 1 saturated heterocycles. The van der Waals surface area contributed by atoms with Crippen LogP contribution in [0.25, 0.3) is 0 Å². The number of amides is 1. The van der Waals surface area contributed by atoms with Gasteiger partial charge in [0.05, 0.1) is 12.2 Å². The molecule has 0 bridgehead atoms. The number of rotatable bonds is 5. The summed E-state index contributed by atoms with van der Waals surface area (Å²) in [5.74, 6) is 1.43. The lowest BCUT2D eigenvalue weighted by molar-refractivity contribution is 0.0936. The van der Waals surface area contributed by atoms with Crippen molar-refractivity contribution in [2.45, 2.75) is 45.1 Å². The summed E-state index contributed by atoms with van der Waals surface area (Å²) in [5, 5.41) is 14.2. The Kier molecular flexibility index (Phi) is 4.53. The van der Waals surface area contributed by atoms with Gasteiger partial charge in [-0.1, -0.05) is 31.4 Å². The van der Waals surface area contributed by atoms with Crippen molar-refractivity contribution < 1.29 is 4.79 Å². The maximum atomic E-state index is 12.1. The average Bonchev–Trinajstić information content (AvgIpc) is 2.93. The number of nitrogens with zero attached hydrogens (tertiary/aromatic N) is 3. The third-order valence-corrected chi connectivity index (χ3v) is 4.97. The van der Waals surface area contributed by atoms with Crippen LogP contribution in [-0.4, -0.2) is 40.5 Å². The molecule has 2 N–H and O–H groups in total. The van der Waals surface area contributed by atoms with Gasteiger partial charge in [0.1, 0.15) is 0 Å². The van der Waals surface area contributed by atoms with Crippen LogP contribution in [0.15, 0.2) is 6.20 Å². The third kappa shape index (κ3) is 3.43. The fourth-order valence-electron chi connectivity index (χ4n) is 3.19. The van der Waals surface area contributed by atoms with Gasteiger partial charge in [0, 0.05) is 19.6 Å². The van der Waals surface area contributed by atoms with Crippen LogP contribution < -0.4 is 10.6 Å². The van der Waals surface area contributed by atoms with Gasteiger partial charge in [-0.3, -0.25) is 4.79 Å². The standard InChI is InChI=1S/C15H25N5O/c1-2-11-3-5-12(6-4-11)7-17-15(21)14-10-20(19-18-14)13-8-16-9-13/h10-13,16H,2-9H2,1H3,(H,17,21). The molecule has 2 fully saturated rings. The molecule has 1 amide bonds. The molecular formula is C15H25N5O. The van der Waals surface area contributed by atoms with Gasteiger partial charge in [-0.05, 0) is 24.7 Å². The van der Waals surface area contributed by atoms with Gasteiger partial charge in [-0.15, -0.1) is 5.10 Å². The normalized spacial score (nSPS) is 26.3. The molecule has 1 saturated carbocycles. The quantitative estimate of drug-likeness (QED) is 0.859. The molecule has 6 nitrogen and oxygen atoms in total. The number of aromatic nitrogens is 3. The van der Waals surface area contributed by atoms with Crippen LogP contribution in [0.3, 0.4) is 0 Å². The Morgan fingerprint density at radius 1 is 1.33 bits per heavy atom. The molecule has 6 heteroatoms. The van der Waals surface area contributed by atoms with Crippen molar-refractivity contribution in [2.75, 3.05) is 19.6 Å². The number of nitrogens with one attached hydrogen (secondary N) is 2. The second kappa shape index (κ2) is 6.56. The lowest BCUT2D eigenvalue weighted by Gasteiger charge is -2.27. The van der Waals surface area contributed by atoms with Gasteiger partial charge in [0.25, 0.3) is 5.91 Å². The van der Waals surface area contributed by atoms with Crippen LogP contribution >= 0.6 is 0 Å². The molecule has 116 valence electrons. The Morgan fingerprint density at radius 3 is 2.67 bits per heavy atom. The van der Waals surface area contributed by atoms with Crippen molar-refractivity contribution in [1.82, 2.24) is 25.6 Å². The summed E-state index contributed by atoms with van der Waals surface area (Å²) in [6.45, 7) is 4.86. The Bertz CT molecular complexity index is 474. The van der Waals surface area contributed by atoms with E-state index >= 15 is 0 Å². The minimum absolute atomic E-state index is 0.0915. The maximum Gasteiger partial charge on any atom is 0.273 e. The Balaban J connectivity index is 1.44. The first-order valence-corrected chi connectivity index (χ1v) is 8.17. The Labute approximate surface area is 125 Å². The summed E-state index contributed by atoms with van der Waals surface area (Å²) in [7, 11) is 0. The fraction of sp³-hybridized carbons (Fsp3) is 0.800. The summed E-state index contributed by atoms with van der Waals surface area (Å²) in [6.07, 6.45) is 8.13. The van der Waals surface area contributed by atoms with Crippen molar-refractivity contribution >= 4 is 5.91 Å². The van der Waals surface area contributed by atoms with Crippen molar-refractivity contribution in [2.24, 2.45) is 11.8 Å². The first-order chi connectivity index (χ1) is 10.3. The van der Waals surface area contributed by atoms with E-state index in [0.29, 0.717) is 17.7 Å². The first-order valence-electron chi connectivity index (χ1n) is 8.17. The van der Waals surface area contributed by atoms with Crippen LogP contribution in [0.2, 0.25) is 0 Å². The molecule has 1 aliphatic carbocycles. The van der Waals surface area contributed by atoms with Crippen LogP contribution in [-0.2, 0) is 0 Å². The molecule has 0 unspecified atom stereocenters. The Morgan fingerprint density at radius 2 is 2.05 bits per heavy atom. The van der Waals surface area contributed by atoms with E-state index in [4.69, 9.17) is 0 Å². The van der Waals surface area contributed by atoms with Crippen molar-refractivity contribution in [3.8, 4) is 0 Å². The van der Waals surface area contributed by atoms with Crippen LogP contribution in [0.4, 0.5) is 0 Å². The van der Waals surface area contributed by atoms with Crippen molar-refractivity contribution in [1.29, 1.82) is 0 Å². The zero-order valence-electron chi connectivity index (χ0n) is 12.7. The van der Waals surface area contributed by atoms with E-state index in [9.17, 15) is 4.79 Å². The van der Waals surface area contributed by atoms with Gasteiger partial charge < -0.3 is 10.6 Å². The molecule has 2 heterocycles. The predicted molar refractivity (Wildman–Crippen MR) is 80.0 cm³/mol. The highest BCUT2D eigenvalue weighted by Gasteiger charge is 2.23. The largest absolute Gasteiger partial charge is 0.350 e. The molecule has 0 spiro atoms. The average molecular weight is 291 g/mol. The van der Waals surface area contributed by atoms with E-state index in [1.165, 1.54) is 32.1 Å².